The minimum Gasteiger partial charge on any atom is -0.492 e. The topological polar surface area (TPSA) is 61.9 Å². The molecular weight excluding hydrogens is 342 g/mol. The van der Waals surface area contributed by atoms with Gasteiger partial charge >= 0.3 is 0 Å². The van der Waals surface area contributed by atoms with Crippen molar-refractivity contribution in [3.8, 4) is 5.75 Å². The van der Waals surface area contributed by atoms with Gasteiger partial charge in [0.15, 0.2) is 0 Å². The van der Waals surface area contributed by atoms with Crippen LogP contribution in [0.2, 0.25) is 0 Å². The van der Waals surface area contributed by atoms with E-state index in [1.807, 2.05) is 43.1 Å². The quantitative estimate of drug-likeness (QED) is 0.862. The Morgan fingerprint density at radius 2 is 1.96 bits per heavy atom. The van der Waals surface area contributed by atoms with Crippen LogP contribution in [0.5, 0.6) is 5.75 Å². The smallest absolute Gasteiger partial charge is 0.228 e. The summed E-state index contributed by atoms with van der Waals surface area (Å²) in [5.41, 5.74) is 0.766. The third-order valence-electron chi connectivity index (χ3n) is 6.27. The van der Waals surface area contributed by atoms with Gasteiger partial charge in [-0.2, -0.15) is 0 Å². The molecule has 6 nitrogen and oxygen atoms in total. The van der Waals surface area contributed by atoms with E-state index in [9.17, 15) is 9.59 Å². The molecule has 3 aliphatic rings. The molecule has 0 saturated carbocycles. The first-order valence-electron chi connectivity index (χ1n) is 10.1. The van der Waals surface area contributed by atoms with Crippen molar-refractivity contribution in [1.29, 1.82) is 0 Å². The second kappa shape index (κ2) is 7.50. The standard InChI is InChI=1S/C21H29N3O3/c1-3-27-19-7-5-4-6-18(19)24-13-14(10-20(24)25)21(26)23(2)17-11-15-8-9-16(12-17)22-15/h4-7,14-17,22H,3,8-13H2,1-2H3. The van der Waals surface area contributed by atoms with Gasteiger partial charge in [0.05, 0.1) is 18.2 Å². The van der Waals surface area contributed by atoms with E-state index in [0.717, 1.165) is 18.5 Å². The lowest BCUT2D eigenvalue weighted by atomic mass is 9.97. The van der Waals surface area contributed by atoms with Crippen LogP contribution in [0.1, 0.15) is 39.0 Å². The summed E-state index contributed by atoms with van der Waals surface area (Å²) in [6.07, 6.45) is 4.76. The third kappa shape index (κ3) is 3.55. The number of para-hydroxylation sites is 2. The molecule has 1 aromatic carbocycles. The van der Waals surface area contributed by atoms with Crippen LogP contribution in [-0.4, -0.2) is 55.0 Å². The number of fused-ring (bicyclic) bond motifs is 2. The molecule has 0 spiro atoms. The Kier molecular flexibility index (Phi) is 5.08. The normalized spacial score (nSPS) is 29.9. The van der Waals surface area contributed by atoms with Gasteiger partial charge in [-0.1, -0.05) is 12.1 Å². The van der Waals surface area contributed by atoms with Crippen molar-refractivity contribution < 1.29 is 14.3 Å². The second-order valence-corrected chi connectivity index (χ2v) is 8.02. The van der Waals surface area contributed by atoms with Gasteiger partial charge in [-0.15, -0.1) is 0 Å². The molecule has 0 aromatic heterocycles. The molecule has 1 N–H and O–H groups in total. The van der Waals surface area contributed by atoms with Crippen LogP contribution >= 0.6 is 0 Å². The van der Waals surface area contributed by atoms with Gasteiger partial charge in [0, 0.05) is 38.1 Å². The summed E-state index contributed by atoms with van der Waals surface area (Å²) in [6, 6.07) is 8.94. The average molecular weight is 371 g/mol. The van der Waals surface area contributed by atoms with Gasteiger partial charge in [-0.25, -0.2) is 0 Å². The third-order valence-corrected chi connectivity index (χ3v) is 6.27. The number of ether oxygens (including phenoxy) is 1. The van der Waals surface area contributed by atoms with Crippen molar-refractivity contribution in [1.82, 2.24) is 10.2 Å². The molecule has 3 aliphatic heterocycles. The molecule has 2 amide bonds. The zero-order valence-corrected chi connectivity index (χ0v) is 16.2. The molecule has 1 aromatic rings. The number of anilines is 1. The van der Waals surface area contributed by atoms with E-state index in [-0.39, 0.29) is 30.2 Å². The number of nitrogens with one attached hydrogen (secondary N) is 1. The maximum Gasteiger partial charge on any atom is 0.228 e. The molecule has 0 radical (unpaired) electrons. The Morgan fingerprint density at radius 1 is 1.26 bits per heavy atom. The monoisotopic (exact) mass is 371 g/mol. The van der Waals surface area contributed by atoms with E-state index in [1.165, 1.54) is 12.8 Å². The summed E-state index contributed by atoms with van der Waals surface area (Å²) in [7, 11) is 1.92. The van der Waals surface area contributed by atoms with Crippen LogP contribution in [-0.2, 0) is 9.59 Å². The highest BCUT2D eigenvalue weighted by atomic mass is 16.5. The lowest BCUT2D eigenvalue weighted by Crippen LogP contribution is -2.50. The predicted molar refractivity (Wildman–Crippen MR) is 104 cm³/mol. The highest BCUT2D eigenvalue weighted by Crippen LogP contribution is 2.35. The summed E-state index contributed by atoms with van der Waals surface area (Å²) < 4.78 is 5.67. The number of rotatable bonds is 5. The Balaban J connectivity index is 1.45. The zero-order valence-electron chi connectivity index (χ0n) is 16.2. The first kappa shape index (κ1) is 18.3. The Morgan fingerprint density at radius 3 is 2.67 bits per heavy atom. The van der Waals surface area contributed by atoms with E-state index in [2.05, 4.69) is 5.32 Å². The van der Waals surface area contributed by atoms with Gasteiger partial charge in [0.2, 0.25) is 11.8 Å². The van der Waals surface area contributed by atoms with Gasteiger partial charge in [0.1, 0.15) is 5.75 Å². The Hall–Kier alpha value is -2.08. The molecule has 3 unspecified atom stereocenters. The van der Waals surface area contributed by atoms with E-state index in [0.29, 0.717) is 31.0 Å². The molecule has 146 valence electrons. The van der Waals surface area contributed by atoms with Gasteiger partial charge < -0.3 is 19.9 Å². The molecule has 3 atom stereocenters. The van der Waals surface area contributed by atoms with Crippen molar-refractivity contribution in [3.05, 3.63) is 24.3 Å². The summed E-state index contributed by atoms with van der Waals surface area (Å²) in [4.78, 5) is 29.4. The SMILES string of the molecule is CCOc1ccccc1N1CC(C(=O)N(C)C2CC3CCC(C2)N3)CC1=O. The lowest BCUT2D eigenvalue weighted by Gasteiger charge is -2.36. The molecule has 3 fully saturated rings. The van der Waals surface area contributed by atoms with Crippen molar-refractivity contribution in [2.24, 2.45) is 5.92 Å². The van der Waals surface area contributed by atoms with Crippen molar-refractivity contribution >= 4 is 17.5 Å². The molecule has 4 rings (SSSR count). The number of amides is 2. The van der Waals surface area contributed by atoms with E-state index in [4.69, 9.17) is 4.74 Å². The van der Waals surface area contributed by atoms with Gasteiger partial charge in [-0.05, 0) is 44.7 Å². The fraction of sp³-hybridized carbons (Fsp3) is 0.619. The largest absolute Gasteiger partial charge is 0.492 e. The molecule has 3 saturated heterocycles. The maximum absolute atomic E-state index is 13.1. The number of benzene rings is 1. The summed E-state index contributed by atoms with van der Waals surface area (Å²) >= 11 is 0. The van der Waals surface area contributed by atoms with Crippen LogP contribution in [0.15, 0.2) is 24.3 Å². The first-order valence-corrected chi connectivity index (χ1v) is 10.1. The maximum atomic E-state index is 13.1. The van der Waals surface area contributed by atoms with Crippen molar-refractivity contribution in [3.63, 3.8) is 0 Å². The van der Waals surface area contributed by atoms with Crippen molar-refractivity contribution in [2.75, 3.05) is 25.1 Å². The zero-order chi connectivity index (χ0) is 19.0. The number of nitrogens with zero attached hydrogens (tertiary/aromatic N) is 2. The van der Waals surface area contributed by atoms with Crippen LogP contribution < -0.4 is 15.0 Å². The lowest BCUT2D eigenvalue weighted by molar-refractivity contribution is -0.137. The number of hydrogen-bond donors (Lipinski definition) is 1. The van der Waals surface area contributed by atoms with Crippen molar-refractivity contribution in [2.45, 2.75) is 57.2 Å². The summed E-state index contributed by atoms with van der Waals surface area (Å²) in [6.45, 7) is 2.90. The molecular formula is C21H29N3O3. The van der Waals surface area contributed by atoms with Crippen LogP contribution in [0.25, 0.3) is 0 Å². The number of hydrogen-bond acceptors (Lipinski definition) is 4. The molecule has 2 bridgehead atoms. The van der Waals surface area contributed by atoms with E-state index < -0.39 is 0 Å². The van der Waals surface area contributed by atoms with Gasteiger partial charge in [0.25, 0.3) is 0 Å². The molecule has 6 heteroatoms. The minimum atomic E-state index is -0.273. The van der Waals surface area contributed by atoms with Crippen LogP contribution in [0.4, 0.5) is 5.69 Å². The van der Waals surface area contributed by atoms with Gasteiger partial charge in [-0.3, -0.25) is 9.59 Å². The van der Waals surface area contributed by atoms with Crippen LogP contribution in [0.3, 0.4) is 0 Å². The Bertz CT molecular complexity index is 710. The Labute approximate surface area is 160 Å². The first-order chi connectivity index (χ1) is 13.1. The molecule has 27 heavy (non-hydrogen) atoms. The second-order valence-electron chi connectivity index (χ2n) is 8.02. The minimum absolute atomic E-state index is 0.000664. The average Bonchev–Trinajstić information content (AvgIpc) is 3.23. The summed E-state index contributed by atoms with van der Waals surface area (Å²) in [5.74, 6) is 0.528. The van der Waals surface area contributed by atoms with E-state index >= 15 is 0 Å². The van der Waals surface area contributed by atoms with E-state index in [1.54, 1.807) is 4.90 Å². The molecule has 3 heterocycles. The number of carbonyl (C=O) groups excluding carboxylic acids is 2. The fourth-order valence-corrected chi connectivity index (χ4v) is 4.87. The number of piperidine rings is 1. The van der Waals surface area contributed by atoms with Crippen LogP contribution in [0, 0.1) is 5.92 Å². The fourth-order valence-electron chi connectivity index (χ4n) is 4.87. The summed E-state index contributed by atoms with van der Waals surface area (Å²) in [5, 5.41) is 3.62. The predicted octanol–water partition coefficient (Wildman–Crippen LogP) is 2.18. The molecule has 0 aliphatic carbocycles. The number of carbonyl (C=O) groups is 2. The highest BCUT2D eigenvalue weighted by molar-refractivity contribution is 6.01. The highest BCUT2D eigenvalue weighted by Gasteiger charge is 2.41.